The predicted molar refractivity (Wildman–Crippen MR) is 111 cm³/mol. The molecule has 0 aromatic heterocycles. The van der Waals surface area contributed by atoms with Crippen LogP contribution in [-0.2, 0) is 11.3 Å². The molecule has 6 nitrogen and oxygen atoms in total. The van der Waals surface area contributed by atoms with Gasteiger partial charge in [0.05, 0.1) is 19.8 Å². The molecule has 0 radical (unpaired) electrons. The molecule has 3 rings (SSSR count). The number of morpholine rings is 1. The number of methoxy groups -OCH3 is 1. The molecule has 1 aromatic rings. The largest absolute Gasteiger partial charge is 0.497 e. The zero-order valence-electron chi connectivity index (χ0n) is 15.0. The quantitative estimate of drug-likeness (QED) is 0.399. The van der Waals surface area contributed by atoms with Gasteiger partial charge in [0, 0.05) is 32.7 Å². The number of nitrogens with zero attached hydrogens (tertiary/aromatic N) is 2. The van der Waals surface area contributed by atoms with Gasteiger partial charge in [0.2, 0.25) is 0 Å². The number of hydrogen-bond donors (Lipinski definition) is 2. The third-order valence-electron chi connectivity index (χ3n) is 4.78. The molecule has 2 atom stereocenters. The summed E-state index contributed by atoms with van der Waals surface area (Å²) in [5.74, 6) is 1.66. The van der Waals surface area contributed by atoms with Crippen LogP contribution in [0.15, 0.2) is 29.3 Å². The number of halogens is 1. The summed E-state index contributed by atoms with van der Waals surface area (Å²) in [6.45, 7) is 4.58. The second kappa shape index (κ2) is 10.2. The van der Waals surface area contributed by atoms with E-state index in [1.807, 2.05) is 18.2 Å². The van der Waals surface area contributed by atoms with Crippen molar-refractivity contribution in [3.8, 4) is 5.75 Å². The van der Waals surface area contributed by atoms with Crippen molar-refractivity contribution in [1.82, 2.24) is 15.5 Å². The minimum absolute atomic E-state index is 0. The second-order valence-corrected chi connectivity index (χ2v) is 6.40. The molecule has 0 bridgehead atoms. The van der Waals surface area contributed by atoms with Gasteiger partial charge in [0.15, 0.2) is 5.96 Å². The summed E-state index contributed by atoms with van der Waals surface area (Å²) in [5, 5.41) is 6.71. The van der Waals surface area contributed by atoms with Crippen LogP contribution in [0.2, 0.25) is 0 Å². The van der Waals surface area contributed by atoms with Crippen molar-refractivity contribution >= 4 is 29.9 Å². The summed E-state index contributed by atoms with van der Waals surface area (Å²) < 4.78 is 11.2. The molecule has 0 spiro atoms. The summed E-state index contributed by atoms with van der Waals surface area (Å²) in [6.07, 6.45) is 2.82. The van der Waals surface area contributed by atoms with E-state index in [0.717, 1.165) is 37.0 Å². The van der Waals surface area contributed by atoms with Crippen LogP contribution in [0.4, 0.5) is 0 Å². The van der Waals surface area contributed by atoms with E-state index in [1.165, 1.54) is 19.4 Å². The Balaban J connectivity index is 0.00000225. The van der Waals surface area contributed by atoms with Crippen LogP contribution < -0.4 is 15.4 Å². The molecule has 0 saturated carbocycles. The van der Waals surface area contributed by atoms with Gasteiger partial charge in [-0.05, 0) is 37.1 Å². The first-order chi connectivity index (χ1) is 11.8. The van der Waals surface area contributed by atoms with Gasteiger partial charge >= 0.3 is 0 Å². The van der Waals surface area contributed by atoms with Crippen molar-refractivity contribution in [3.05, 3.63) is 29.8 Å². The normalized spacial score (nSPS) is 23.5. The van der Waals surface area contributed by atoms with Crippen molar-refractivity contribution in [1.29, 1.82) is 0 Å². The Labute approximate surface area is 167 Å². The summed E-state index contributed by atoms with van der Waals surface area (Å²) in [5.41, 5.74) is 1.16. The molecule has 140 valence electrons. The van der Waals surface area contributed by atoms with Crippen LogP contribution in [0.3, 0.4) is 0 Å². The first-order valence-electron chi connectivity index (χ1n) is 8.71. The molecule has 7 heteroatoms. The molecule has 1 aromatic carbocycles. The van der Waals surface area contributed by atoms with Gasteiger partial charge in [-0.1, -0.05) is 12.1 Å². The Morgan fingerprint density at radius 1 is 1.40 bits per heavy atom. The molecule has 2 fully saturated rings. The average Bonchev–Trinajstić information content (AvgIpc) is 3.10. The molecule has 2 unspecified atom stereocenters. The molecule has 0 amide bonds. The molecule has 2 aliphatic rings. The first-order valence-corrected chi connectivity index (χ1v) is 8.71. The Bertz CT molecular complexity index is 570. The predicted octanol–water partition coefficient (Wildman–Crippen LogP) is 1.84. The molecule has 25 heavy (non-hydrogen) atoms. The van der Waals surface area contributed by atoms with E-state index in [4.69, 9.17) is 9.47 Å². The Hall–Kier alpha value is -1.06. The van der Waals surface area contributed by atoms with Crippen LogP contribution in [-0.4, -0.2) is 63.4 Å². The summed E-state index contributed by atoms with van der Waals surface area (Å²) in [6, 6.07) is 8.68. The van der Waals surface area contributed by atoms with E-state index in [0.29, 0.717) is 12.6 Å². The van der Waals surface area contributed by atoms with E-state index in [9.17, 15) is 0 Å². The SMILES string of the molecule is CN=C(NCc1cccc(OC)c1)NCC1CN2CCCC2CO1.I. The molecule has 0 aliphatic carbocycles. The van der Waals surface area contributed by atoms with Crippen LogP contribution in [0.25, 0.3) is 0 Å². The number of guanidine groups is 1. The maximum atomic E-state index is 5.98. The number of fused-ring (bicyclic) bond motifs is 1. The van der Waals surface area contributed by atoms with Crippen LogP contribution in [0, 0.1) is 0 Å². The Kier molecular flexibility index (Phi) is 8.25. The van der Waals surface area contributed by atoms with Gasteiger partial charge in [0.25, 0.3) is 0 Å². The van der Waals surface area contributed by atoms with Gasteiger partial charge in [-0.3, -0.25) is 9.89 Å². The first kappa shape index (κ1) is 20.3. The summed E-state index contributed by atoms with van der Waals surface area (Å²) >= 11 is 0. The van der Waals surface area contributed by atoms with E-state index in [-0.39, 0.29) is 30.1 Å². The smallest absolute Gasteiger partial charge is 0.191 e. The lowest BCUT2D eigenvalue weighted by molar-refractivity contribution is -0.0453. The Morgan fingerprint density at radius 3 is 3.08 bits per heavy atom. The number of rotatable bonds is 5. The number of hydrogen-bond acceptors (Lipinski definition) is 4. The average molecular weight is 460 g/mol. The highest BCUT2D eigenvalue weighted by molar-refractivity contribution is 14.0. The summed E-state index contributed by atoms with van der Waals surface area (Å²) in [7, 11) is 3.47. The van der Waals surface area contributed by atoms with Gasteiger partial charge < -0.3 is 20.1 Å². The fourth-order valence-corrected chi connectivity index (χ4v) is 3.41. The molecule has 2 N–H and O–H groups in total. The molecule has 2 aliphatic heterocycles. The van der Waals surface area contributed by atoms with Crippen molar-refractivity contribution in [2.45, 2.75) is 31.5 Å². The van der Waals surface area contributed by atoms with Gasteiger partial charge in [-0.15, -0.1) is 24.0 Å². The summed E-state index contributed by atoms with van der Waals surface area (Å²) in [4.78, 5) is 6.85. The highest BCUT2D eigenvalue weighted by atomic mass is 127. The van der Waals surface area contributed by atoms with E-state index in [1.54, 1.807) is 14.2 Å². The Morgan fingerprint density at radius 2 is 2.28 bits per heavy atom. The zero-order chi connectivity index (χ0) is 16.8. The number of benzene rings is 1. The van der Waals surface area contributed by atoms with Gasteiger partial charge in [0.1, 0.15) is 5.75 Å². The maximum Gasteiger partial charge on any atom is 0.191 e. The zero-order valence-corrected chi connectivity index (χ0v) is 17.4. The topological polar surface area (TPSA) is 58.1 Å². The molecule has 2 saturated heterocycles. The fourth-order valence-electron chi connectivity index (χ4n) is 3.41. The standard InChI is InChI=1S/C18H28N4O2.HI/c1-19-18(20-10-14-5-3-7-16(9-14)23-2)21-11-17-12-22-8-4-6-15(22)13-24-17;/h3,5,7,9,15,17H,4,6,8,10-13H2,1-2H3,(H2,19,20,21);1H. The van der Waals surface area contributed by atoms with E-state index < -0.39 is 0 Å². The fraction of sp³-hybridized carbons (Fsp3) is 0.611. The molecular formula is C18H29IN4O2. The monoisotopic (exact) mass is 460 g/mol. The van der Waals surface area contributed by atoms with Crippen LogP contribution in [0.5, 0.6) is 5.75 Å². The minimum Gasteiger partial charge on any atom is -0.497 e. The van der Waals surface area contributed by atoms with Crippen LogP contribution >= 0.6 is 24.0 Å². The number of nitrogens with one attached hydrogen (secondary N) is 2. The third-order valence-corrected chi connectivity index (χ3v) is 4.78. The lowest BCUT2D eigenvalue weighted by Crippen LogP contribution is -2.51. The van der Waals surface area contributed by atoms with Gasteiger partial charge in [-0.2, -0.15) is 0 Å². The molecular weight excluding hydrogens is 431 g/mol. The maximum absolute atomic E-state index is 5.98. The van der Waals surface area contributed by atoms with Crippen LogP contribution in [0.1, 0.15) is 18.4 Å². The second-order valence-electron chi connectivity index (χ2n) is 6.40. The number of aliphatic imine (C=N–C) groups is 1. The highest BCUT2D eigenvalue weighted by Crippen LogP contribution is 2.22. The lowest BCUT2D eigenvalue weighted by Gasteiger charge is -2.35. The van der Waals surface area contributed by atoms with E-state index in [2.05, 4.69) is 26.6 Å². The van der Waals surface area contributed by atoms with Crippen molar-refractivity contribution in [2.24, 2.45) is 4.99 Å². The highest BCUT2D eigenvalue weighted by Gasteiger charge is 2.32. The lowest BCUT2D eigenvalue weighted by atomic mass is 10.2. The van der Waals surface area contributed by atoms with Crippen molar-refractivity contribution in [2.75, 3.05) is 40.4 Å². The minimum atomic E-state index is 0. The molecule has 2 heterocycles. The van der Waals surface area contributed by atoms with E-state index >= 15 is 0 Å². The van der Waals surface area contributed by atoms with Crippen molar-refractivity contribution < 1.29 is 9.47 Å². The number of ether oxygens (including phenoxy) is 2. The van der Waals surface area contributed by atoms with Gasteiger partial charge in [-0.25, -0.2) is 0 Å². The van der Waals surface area contributed by atoms with Crippen molar-refractivity contribution in [3.63, 3.8) is 0 Å². The third kappa shape index (κ3) is 5.72.